The Balaban J connectivity index is 1.96. The molecular weight excluding hydrogens is 276 g/mol. The van der Waals surface area contributed by atoms with Gasteiger partial charge in [0.25, 0.3) is 0 Å². The summed E-state index contributed by atoms with van der Waals surface area (Å²) in [5.74, 6) is 0.313. The summed E-state index contributed by atoms with van der Waals surface area (Å²) in [6.07, 6.45) is 2.38. The maximum atomic E-state index is 11.5. The number of piperidine rings is 1. The van der Waals surface area contributed by atoms with E-state index >= 15 is 0 Å². The van der Waals surface area contributed by atoms with E-state index in [0.29, 0.717) is 16.5 Å². The molecule has 1 aromatic carbocycles. The number of halogens is 1. The number of carbonyl (C=O) groups is 1. The van der Waals surface area contributed by atoms with Gasteiger partial charge in [0.2, 0.25) is 0 Å². The zero-order chi connectivity index (χ0) is 14.5. The van der Waals surface area contributed by atoms with Gasteiger partial charge in [-0.05, 0) is 57.1 Å². The molecule has 2 rings (SSSR count). The third kappa shape index (κ3) is 3.87. The van der Waals surface area contributed by atoms with Crippen molar-refractivity contribution in [1.82, 2.24) is 4.90 Å². The third-order valence-corrected chi connectivity index (χ3v) is 4.14. The van der Waals surface area contributed by atoms with Gasteiger partial charge >= 0.3 is 5.97 Å². The number of nitrogens with zero attached hydrogens (tertiary/aromatic N) is 1. The summed E-state index contributed by atoms with van der Waals surface area (Å²) >= 11 is 6.16. The van der Waals surface area contributed by atoms with Crippen LogP contribution in [-0.4, -0.2) is 44.7 Å². The fourth-order valence-corrected chi connectivity index (χ4v) is 2.61. The molecule has 1 saturated heterocycles. The fourth-order valence-electron chi connectivity index (χ4n) is 2.43. The molecule has 4 nitrogen and oxygen atoms in total. The molecule has 0 saturated carbocycles. The van der Waals surface area contributed by atoms with Crippen molar-refractivity contribution in [3.8, 4) is 0 Å². The van der Waals surface area contributed by atoms with Crippen LogP contribution in [0.15, 0.2) is 18.2 Å². The molecular formula is C15H21ClN2O2. The molecule has 0 atom stereocenters. The zero-order valence-corrected chi connectivity index (χ0v) is 12.7. The number of anilines is 1. The van der Waals surface area contributed by atoms with E-state index in [4.69, 9.17) is 16.3 Å². The average molecular weight is 297 g/mol. The van der Waals surface area contributed by atoms with Crippen LogP contribution in [0.3, 0.4) is 0 Å². The molecule has 5 heteroatoms. The molecule has 1 aliphatic heterocycles. The highest BCUT2D eigenvalue weighted by Crippen LogP contribution is 2.25. The molecule has 110 valence electrons. The molecule has 0 bridgehead atoms. The van der Waals surface area contributed by atoms with Crippen LogP contribution >= 0.6 is 11.6 Å². The second-order valence-corrected chi connectivity index (χ2v) is 5.72. The number of rotatable bonds is 4. The molecule has 0 aliphatic carbocycles. The minimum Gasteiger partial charge on any atom is -0.465 e. The number of hydrogen-bond acceptors (Lipinski definition) is 4. The van der Waals surface area contributed by atoms with E-state index in [-0.39, 0.29) is 5.97 Å². The van der Waals surface area contributed by atoms with Gasteiger partial charge in [-0.2, -0.15) is 0 Å². The summed E-state index contributed by atoms with van der Waals surface area (Å²) in [5, 5.41) is 3.99. The Kier molecular flexibility index (Phi) is 5.26. The van der Waals surface area contributed by atoms with E-state index in [2.05, 4.69) is 17.3 Å². The molecule has 1 heterocycles. The first-order valence-corrected chi connectivity index (χ1v) is 7.28. The van der Waals surface area contributed by atoms with Crippen LogP contribution in [0.5, 0.6) is 0 Å². The van der Waals surface area contributed by atoms with Crippen molar-refractivity contribution in [3.63, 3.8) is 0 Å². The second kappa shape index (κ2) is 6.95. The first-order valence-electron chi connectivity index (χ1n) is 6.90. The van der Waals surface area contributed by atoms with Gasteiger partial charge in [-0.25, -0.2) is 4.79 Å². The van der Waals surface area contributed by atoms with Gasteiger partial charge < -0.3 is 15.0 Å². The Morgan fingerprint density at radius 3 is 2.80 bits per heavy atom. The van der Waals surface area contributed by atoms with Crippen LogP contribution in [0.25, 0.3) is 0 Å². The lowest BCUT2D eigenvalue weighted by molar-refractivity contribution is 0.0601. The number of methoxy groups -OCH3 is 1. The topological polar surface area (TPSA) is 41.6 Å². The van der Waals surface area contributed by atoms with Crippen LogP contribution in [0.4, 0.5) is 5.69 Å². The third-order valence-electron chi connectivity index (χ3n) is 3.81. The van der Waals surface area contributed by atoms with E-state index in [1.807, 2.05) is 0 Å². The number of ether oxygens (including phenoxy) is 1. The second-order valence-electron chi connectivity index (χ2n) is 5.31. The van der Waals surface area contributed by atoms with Crippen LogP contribution in [0.1, 0.15) is 23.2 Å². The van der Waals surface area contributed by atoms with E-state index < -0.39 is 0 Å². The lowest BCUT2D eigenvalue weighted by Gasteiger charge is -2.29. The van der Waals surface area contributed by atoms with E-state index in [1.54, 1.807) is 18.2 Å². The summed E-state index contributed by atoms with van der Waals surface area (Å²) in [6.45, 7) is 3.17. The molecule has 1 aliphatic rings. The molecule has 0 amide bonds. The smallest absolute Gasteiger partial charge is 0.337 e. The molecule has 0 spiro atoms. The summed E-state index contributed by atoms with van der Waals surface area (Å²) in [4.78, 5) is 13.9. The van der Waals surface area contributed by atoms with Crippen molar-refractivity contribution in [3.05, 3.63) is 28.8 Å². The number of likely N-dealkylation sites (tertiary alicyclic amines) is 1. The van der Waals surface area contributed by atoms with Crippen molar-refractivity contribution < 1.29 is 9.53 Å². The Hall–Kier alpha value is -1.26. The summed E-state index contributed by atoms with van der Waals surface area (Å²) in [6, 6.07) is 5.16. The van der Waals surface area contributed by atoms with Gasteiger partial charge in [-0.15, -0.1) is 0 Å². The van der Waals surface area contributed by atoms with Crippen molar-refractivity contribution in [2.75, 3.05) is 39.1 Å². The monoisotopic (exact) mass is 296 g/mol. The molecule has 0 radical (unpaired) electrons. The fraction of sp³-hybridized carbons (Fsp3) is 0.533. The normalized spacial score (nSPS) is 16.9. The van der Waals surface area contributed by atoms with Crippen LogP contribution in [0, 0.1) is 5.92 Å². The zero-order valence-electron chi connectivity index (χ0n) is 12.0. The molecule has 1 fully saturated rings. The standard InChI is InChI=1S/C15H21ClN2O2/c1-18-7-5-11(6-8-18)10-17-14-9-12(15(19)20-2)3-4-13(14)16/h3-4,9,11,17H,5-8,10H2,1-2H3. The first kappa shape index (κ1) is 15.1. The first-order chi connectivity index (χ1) is 9.60. The molecule has 0 aromatic heterocycles. The molecule has 1 aromatic rings. The maximum absolute atomic E-state index is 11.5. The van der Waals surface area contributed by atoms with Crippen LogP contribution in [-0.2, 0) is 4.74 Å². The lowest BCUT2D eigenvalue weighted by Crippen LogP contribution is -2.33. The van der Waals surface area contributed by atoms with Crippen LogP contribution in [0.2, 0.25) is 5.02 Å². The van der Waals surface area contributed by atoms with Gasteiger partial charge in [0.1, 0.15) is 0 Å². The summed E-state index contributed by atoms with van der Waals surface area (Å²) in [5.41, 5.74) is 1.32. The Labute approximate surface area is 125 Å². The number of nitrogens with one attached hydrogen (secondary N) is 1. The average Bonchev–Trinajstić information content (AvgIpc) is 2.47. The predicted molar refractivity (Wildman–Crippen MR) is 81.5 cm³/mol. The summed E-state index contributed by atoms with van der Waals surface area (Å²) in [7, 11) is 3.53. The number of carbonyl (C=O) groups excluding carboxylic acids is 1. The van der Waals surface area contributed by atoms with E-state index in [1.165, 1.54) is 20.0 Å². The van der Waals surface area contributed by atoms with E-state index in [0.717, 1.165) is 25.3 Å². The largest absolute Gasteiger partial charge is 0.465 e. The Morgan fingerprint density at radius 1 is 1.45 bits per heavy atom. The Bertz CT molecular complexity index is 471. The SMILES string of the molecule is COC(=O)c1ccc(Cl)c(NCC2CCN(C)CC2)c1. The van der Waals surface area contributed by atoms with Crippen molar-refractivity contribution in [2.24, 2.45) is 5.92 Å². The van der Waals surface area contributed by atoms with Crippen molar-refractivity contribution >= 4 is 23.3 Å². The Morgan fingerprint density at radius 2 is 2.15 bits per heavy atom. The highest BCUT2D eigenvalue weighted by Gasteiger charge is 2.17. The minimum atomic E-state index is -0.344. The van der Waals surface area contributed by atoms with Gasteiger partial charge in [0, 0.05) is 6.54 Å². The number of esters is 1. The van der Waals surface area contributed by atoms with Gasteiger partial charge in [-0.3, -0.25) is 0 Å². The summed E-state index contributed by atoms with van der Waals surface area (Å²) < 4.78 is 4.72. The molecule has 1 N–H and O–H groups in total. The predicted octanol–water partition coefficient (Wildman–Crippen LogP) is 2.88. The number of benzene rings is 1. The minimum absolute atomic E-state index is 0.344. The number of hydrogen-bond donors (Lipinski definition) is 1. The molecule has 0 unspecified atom stereocenters. The molecule has 20 heavy (non-hydrogen) atoms. The quantitative estimate of drug-likeness (QED) is 0.868. The van der Waals surface area contributed by atoms with Gasteiger partial charge in [-0.1, -0.05) is 11.6 Å². The van der Waals surface area contributed by atoms with Gasteiger partial charge in [0.05, 0.1) is 23.4 Å². The highest BCUT2D eigenvalue weighted by atomic mass is 35.5. The van der Waals surface area contributed by atoms with Crippen LogP contribution < -0.4 is 5.32 Å². The lowest BCUT2D eigenvalue weighted by atomic mass is 9.97. The maximum Gasteiger partial charge on any atom is 0.337 e. The van der Waals surface area contributed by atoms with E-state index in [9.17, 15) is 4.79 Å². The highest BCUT2D eigenvalue weighted by molar-refractivity contribution is 6.33. The van der Waals surface area contributed by atoms with Crippen molar-refractivity contribution in [1.29, 1.82) is 0 Å². The van der Waals surface area contributed by atoms with Crippen molar-refractivity contribution in [2.45, 2.75) is 12.8 Å². The van der Waals surface area contributed by atoms with Gasteiger partial charge in [0.15, 0.2) is 0 Å².